The molecule has 1 amide bonds. The molecule has 0 aromatic heterocycles. The zero-order chi connectivity index (χ0) is 13.9. The maximum atomic E-state index is 11.3. The van der Waals surface area contributed by atoms with Gasteiger partial charge in [-0.25, -0.2) is 0 Å². The summed E-state index contributed by atoms with van der Waals surface area (Å²) in [6.07, 6.45) is 0. The van der Waals surface area contributed by atoms with Crippen LogP contribution < -0.4 is 11.1 Å². The Bertz CT molecular complexity index is 472. The molecule has 0 aliphatic rings. The predicted octanol–water partition coefficient (Wildman–Crippen LogP) is 1.83. The van der Waals surface area contributed by atoms with Crippen molar-refractivity contribution in [1.82, 2.24) is 0 Å². The molecule has 0 spiro atoms. The van der Waals surface area contributed by atoms with Crippen molar-refractivity contribution in [2.45, 2.75) is 26.8 Å². The lowest BCUT2D eigenvalue weighted by Gasteiger charge is -2.20. The first-order valence-corrected chi connectivity index (χ1v) is 5.63. The van der Waals surface area contributed by atoms with Crippen molar-refractivity contribution in [2.75, 3.05) is 5.32 Å². The minimum Gasteiger partial charge on any atom is -0.373 e. The average Bonchev–Trinajstić information content (AvgIpc) is 2.24. The number of carbonyl (C=O) groups excluding carboxylic acids is 1. The van der Waals surface area contributed by atoms with Gasteiger partial charge in [0, 0.05) is 17.3 Å². The van der Waals surface area contributed by atoms with Gasteiger partial charge in [-0.15, -0.1) is 0 Å². The van der Waals surface area contributed by atoms with E-state index in [9.17, 15) is 14.9 Å². The van der Waals surface area contributed by atoms with E-state index in [1.807, 2.05) is 13.8 Å². The second-order valence-corrected chi connectivity index (χ2v) is 4.53. The number of aryl methyl sites for hydroxylation is 1. The van der Waals surface area contributed by atoms with E-state index >= 15 is 0 Å². The van der Waals surface area contributed by atoms with E-state index in [1.165, 1.54) is 6.07 Å². The SMILES string of the molecule is Cc1cc(N[C@H](C(N)=O)C(C)C)ccc1[N+](=O)[O-]. The van der Waals surface area contributed by atoms with Crippen LogP contribution in [0.25, 0.3) is 0 Å². The van der Waals surface area contributed by atoms with Crippen molar-refractivity contribution in [3.63, 3.8) is 0 Å². The summed E-state index contributed by atoms with van der Waals surface area (Å²) in [6.45, 7) is 5.40. The van der Waals surface area contributed by atoms with Crippen LogP contribution in [-0.4, -0.2) is 16.9 Å². The first-order valence-electron chi connectivity index (χ1n) is 5.63. The molecule has 0 aliphatic carbocycles. The third-order valence-electron chi connectivity index (χ3n) is 2.69. The number of nitrogens with two attached hydrogens (primary N) is 1. The molecule has 0 bridgehead atoms. The molecule has 6 heteroatoms. The van der Waals surface area contributed by atoms with Crippen molar-refractivity contribution in [1.29, 1.82) is 0 Å². The van der Waals surface area contributed by atoms with Gasteiger partial charge in [0.05, 0.1) is 4.92 Å². The van der Waals surface area contributed by atoms with E-state index in [1.54, 1.807) is 19.1 Å². The van der Waals surface area contributed by atoms with Gasteiger partial charge in [-0.05, 0) is 25.0 Å². The third-order valence-corrected chi connectivity index (χ3v) is 2.69. The standard InChI is InChI=1S/C12H17N3O3/c1-7(2)11(12(13)16)14-9-4-5-10(15(17)18)8(3)6-9/h4-7,11,14H,1-3H3,(H2,13,16)/t11-/m0/s1. The zero-order valence-corrected chi connectivity index (χ0v) is 10.6. The summed E-state index contributed by atoms with van der Waals surface area (Å²) in [7, 11) is 0. The summed E-state index contributed by atoms with van der Waals surface area (Å²) in [4.78, 5) is 21.5. The van der Waals surface area contributed by atoms with Crippen molar-refractivity contribution >= 4 is 17.3 Å². The van der Waals surface area contributed by atoms with Crippen LogP contribution in [0, 0.1) is 23.0 Å². The fourth-order valence-electron chi connectivity index (χ4n) is 1.70. The molecule has 1 aromatic carbocycles. The van der Waals surface area contributed by atoms with E-state index in [2.05, 4.69) is 5.32 Å². The topological polar surface area (TPSA) is 98.3 Å². The second kappa shape index (κ2) is 5.48. The Hall–Kier alpha value is -2.11. The van der Waals surface area contributed by atoms with Crippen molar-refractivity contribution < 1.29 is 9.72 Å². The predicted molar refractivity (Wildman–Crippen MR) is 69.3 cm³/mol. The maximum absolute atomic E-state index is 11.3. The van der Waals surface area contributed by atoms with Crippen molar-refractivity contribution in [3.05, 3.63) is 33.9 Å². The smallest absolute Gasteiger partial charge is 0.272 e. The summed E-state index contributed by atoms with van der Waals surface area (Å²) in [6, 6.07) is 4.13. The fourth-order valence-corrected chi connectivity index (χ4v) is 1.70. The van der Waals surface area contributed by atoms with Crippen LogP contribution in [0.2, 0.25) is 0 Å². The number of nitro groups is 1. The molecule has 98 valence electrons. The van der Waals surface area contributed by atoms with Crippen LogP contribution in [-0.2, 0) is 4.79 Å². The molecule has 0 heterocycles. The van der Waals surface area contributed by atoms with E-state index in [0.29, 0.717) is 11.3 Å². The number of rotatable bonds is 5. The van der Waals surface area contributed by atoms with E-state index in [-0.39, 0.29) is 11.6 Å². The van der Waals surface area contributed by atoms with Crippen molar-refractivity contribution in [3.8, 4) is 0 Å². The van der Waals surface area contributed by atoms with Crippen LogP contribution in [0.1, 0.15) is 19.4 Å². The average molecular weight is 251 g/mol. The second-order valence-electron chi connectivity index (χ2n) is 4.53. The highest BCUT2D eigenvalue weighted by Crippen LogP contribution is 2.22. The Morgan fingerprint density at radius 1 is 1.44 bits per heavy atom. The monoisotopic (exact) mass is 251 g/mol. The van der Waals surface area contributed by atoms with Gasteiger partial charge in [0.25, 0.3) is 5.69 Å². The fraction of sp³-hybridized carbons (Fsp3) is 0.417. The van der Waals surface area contributed by atoms with Crippen LogP contribution in [0.15, 0.2) is 18.2 Å². The zero-order valence-electron chi connectivity index (χ0n) is 10.6. The Labute approximate surface area is 105 Å². The minimum absolute atomic E-state index is 0.0398. The number of anilines is 1. The number of nitrogens with one attached hydrogen (secondary N) is 1. The molecule has 0 saturated carbocycles. The third kappa shape index (κ3) is 3.19. The number of amides is 1. The van der Waals surface area contributed by atoms with Gasteiger partial charge in [-0.1, -0.05) is 13.8 Å². The molecule has 1 aromatic rings. The van der Waals surface area contributed by atoms with Gasteiger partial charge in [0.1, 0.15) is 6.04 Å². The summed E-state index contributed by atoms with van der Waals surface area (Å²) in [5.41, 5.74) is 6.54. The van der Waals surface area contributed by atoms with Crippen molar-refractivity contribution in [2.24, 2.45) is 11.7 Å². The Kier molecular flexibility index (Phi) is 4.25. The molecule has 1 atom stereocenters. The number of benzene rings is 1. The molecule has 6 nitrogen and oxygen atoms in total. The van der Waals surface area contributed by atoms with Crippen LogP contribution in [0.5, 0.6) is 0 Å². The summed E-state index contributed by atoms with van der Waals surface area (Å²) >= 11 is 0. The van der Waals surface area contributed by atoms with E-state index in [0.717, 1.165) is 0 Å². The molecule has 0 unspecified atom stereocenters. The number of nitrogens with zero attached hydrogens (tertiary/aromatic N) is 1. The molecule has 18 heavy (non-hydrogen) atoms. The first-order chi connectivity index (χ1) is 8.32. The van der Waals surface area contributed by atoms with Gasteiger partial charge in [-0.3, -0.25) is 14.9 Å². The summed E-state index contributed by atoms with van der Waals surface area (Å²) in [5.74, 6) is -0.404. The Balaban J connectivity index is 2.95. The lowest BCUT2D eigenvalue weighted by Crippen LogP contribution is -2.39. The number of primary amides is 1. The number of nitro benzene ring substituents is 1. The number of hydrogen-bond donors (Lipinski definition) is 2. The maximum Gasteiger partial charge on any atom is 0.272 e. The van der Waals surface area contributed by atoms with Crippen LogP contribution in [0.4, 0.5) is 11.4 Å². The largest absolute Gasteiger partial charge is 0.373 e. The highest BCUT2D eigenvalue weighted by Gasteiger charge is 2.20. The number of hydrogen-bond acceptors (Lipinski definition) is 4. The van der Waals surface area contributed by atoms with Crippen LogP contribution in [0.3, 0.4) is 0 Å². The lowest BCUT2D eigenvalue weighted by atomic mass is 10.0. The first kappa shape index (κ1) is 14.0. The van der Waals surface area contributed by atoms with Gasteiger partial charge < -0.3 is 11.1 Å². The van der Waals surface area contributed by atoms with Crippen LogP contribution >= 0.6 is 0 Å². The number of carbonyl (C=O) groups is 1. The molecular weight excluding hydrogens is 234 g/mol. The van der Waals surface area contributed by atoms with Gasteiger partial charge in [0.15, 0.2) is 0 Å². The van der Waals surface area contributed by atoms with Gasteiger partial charge in [0.2, 0.25) is 5.91 Å². The molecule has 0 radical (unpaired) electrons. The summed E-state index contributed by atoms with van der Waals surface area (Å²) in [5, 5.41) is 13.7. The molecule has 0 aliphatic heterocycles. The highest BCUT2D eigenvalue weighted by atomic mass is 16.6. The highest BCUT2D eigenvalue weighted by molar-refractivity contribution is 5.83. The molecule has 3 N–H and O–H groups in total. The lowest BCUT2D eigenvalue weighted by molar-refractivity contribution is -0.385. The van der Waals surface area contributed by atoms with Gasteiger partial charge in [-0.2, -0.15) is 0 Å². The molecule has 1 rings (SSSR count). The molecule has 0 fully saturated rings. The Morgan fingerprint density at radius 2 is 2.06 bits per heavy atom. The van der Waals surface area contributed by atoms with E-state index < -0.39 is 16.9 Å². The van der Waals surface area contributed by atoms with E-state index in [4.69, 9.17) is 5.73 Å². The minimum atomic E-state index is -0.495. The Morgan fingerprint density at radius 3 is 2.44 bits per heavy atom. The normalized spacial score (nSPS) is 12.2. The molecule has 0 saturated heterocycles. The molecular formula is C12H17N3O3. The summed E-state index contributed by atoms with van der Waals surface area (Å²) < 4.78 is 0. The van der Waals surface area contributed by atoms with Gasteiger partial charge >= 0.3 is 0 Å². The quantitative estimate of drug-likeness (QED) is 0.616.